The molecule has 0 aromatic heterocycles. The number of amides is 1. The summed E-state index contributed by atoms with van der Waals surface area (Å²) in [6.07, 6.45) is 0. The van der Waals surface area contributed by atoms with Gasteiger partial charge in [0.15, 0.2) is 0 Å². The van der Waals surface area contributed by atoms with E-state index in [1.807, 2.05) is 14.1 Å². The number of nitrogens with one attached hydrogen (secondary N) is 1. The van der Waals surface area contributed by atoms with Crippen LogP contribution in [0.25, 0.3) is 0 Å². The summed E-state index contributed by atoms with van der Waals surface area (Å²) < 4.78 is 0. The highest BCUT2D eigenvalue weighted by Gasteiger charge is 2.16. The third kappa shape index (κ3) is 5.59. The molecule has 0 saturated carbocycles. The topological polar surface area (TPSA) is 58.4 Å². The number of benzene rings is 1. The first kappa shape index (κ1) is 17.9. The number of hydrogen-bond acceptors (Lipinski definition) is 3. The molecular weight excluding hydrogens is 262 g/mol. The fourth-order valence-electron chi connectivity index (χ4n) is 1.75. The van der Waals surface area contributed by atoms with Crippen LogP contribution in [0.4, 0.5) is 0 Å². The molecule has 0 aliphatic carbocycles. The van der Waals surface area contributed by atoms with Crippen molar-refractivity contribution < 1.29 is 4.79 Å². The maximum absolute atomic E-state index is 11.5. The van der Waals surface area contributed by atoms with Gasteiger partial charge in [-0.3, -0.25) is 4.79 Å². The highest BCUT2D eigenvalue weighted by Crippen LogP contribution is 2.17. The van der Waals surface area contributed by atoms with Crippen molar-refractivity contribution in [1.29, 1.82) is 0 Å². The van der Waals surface area contributed by atoms with Crippen LogP contribution in [0.15, 0.2) is 24.3 Å². The molecule has 0 radical (unpaired) electrons. The molecule has 0 heterocycles. The zero-order valence-electron chi connectivity index (χ0n) is 12.0. The summed E-state index contributed by atoms with van der Waals surface area (Å²) in [6.45, 7) is 4.31. The first-order chi connectivity index (χ1) is 8.41. The molecule has 2 atom stereocenters. The van der Waals surface area contributed by atoms with Crippen molar-refractivity contribution in [2.45, 2.75) is 25.9 Å². The van der Waals surface area contributed by atoms with E-state index in [4.69, 9.17) is 5.73 Å². The van der Waals surface area contributed by atoms with Crippen LogP contribution in [0, 0.1) is 6.92 Å². The van der Waals surface area contributed by atoms with Gasteiger partial charge in [0.05, 0.1) is 12.1 Å². The molecule has 0 aliphatic rings. The van der Waals surface area contributed by atoms with Crippen molar-refractivity contribution in [3.63, 3.8) is 0 Å². The molecule has 0 spiro atoms. The molecule has 0 saturated heterocycles. The van der Waals surface area contributed by atoms with Gasteiger partial charge in [0.2, 0.25) is 5.91 Å². The molecular formula is C14H24ClN3O. The maximum Gasteiger partial charge on any atom is 0.236 e. The van der Waals surface area contributed by atoms with Crippen LogP contribution in [-0.2, 0) is 4.79 Å². The monoisotopic (exact) mass is 285 g/mol. The number of carbonyl (C=O) groups is 1. The van der Waals surface area contributed by atoms with Gasteiger partial charge in [0.25, 0.3) is 0 Å². The molecule has 0 bridgehead atoms. The summed E-state index contributed by atoms with van der Waals surface area (Å²) in [7, 11) is 4.01. The van der Waals surface area contributed by atoms with E-state index in [-0.39, 0.29) is 24.4 Å². The number of carbonyl (C=O) groups excluding carboxylic acids is 1. The third-order valence-corrected chi connectivity index (χ3v) is 2.97. The number of nitrogens with zero attached hydrogens (tertiary/aromatic N) is 1. The van der Waals surface area contributed by atoms with Gasteiger partial charge >= 0.3 is 0 Å². The summed E-state index contributed by atoms with van der Waals surface area (Å²) in [5.41, 5.74) is 7.95. The number of rotatable bonds is 5. The van der Waals surface area contributed by atoms with Crippen molar-refractivity contribution in [3.8, 4) is 0 Å². The molecule has 3 N–H and O–H groups in total. The lowest BCUT2D eigenvalue weighted by atomic mass is 10.0. The van der Waals surface area contributed by atoms with Gasteiger partial charge in [-0.15, -0.1) is 12.4 Å². The Morgan fingerprint density at radius 3 is 2.26 bits per heavy atom. The van der Waals surface area contributed by atoms with Crippen LogP contribution in [0.3, 0.4) is 0 Å². The minimum Gasteiger partial charge on any atom is -0.353 e. The predicted molar refractivity (Wildman–Crippen MR) is 81.5 cm³/mol. The van der Waals surface area contributed by atoms with Crippen molar-refractivity contribution in [2.75, 3.05) is 20.6 Å². The average molecular weight is 286 g/mol. The van der Waals surface area contributed by atoms with Crippen LogP contribution in [0.2, 0.25) is 0 Å². The number of halogens is 1. The molecule has 1 aromatic rings. The lowest BCUT2D eigenvalue weighted by molar-refractivity contribution is -0.122. The second-order valence-corrected chi connectivity index (χ2v) is 4.92. The summed E-state index contributed by atoms with van der Waals surface area (Å²) in [5, 5.41) is 2.87. The highest BCUT2D eigenvalue weighted by molar-refractivity contribution is 5.85. The molecule has 0 aliphatic heterocycles. The van der Waals surface area contributed by atoms with Gasteiger partial charge in [-0.1, -0.05) is 29.8 Å². The van der Waals surface area contributed by atoms with Crippen LogP contribution in [0.5, 0.6) is 0 Å². The Labute approximate surface area is 121 Å². The Kier molecular flexibility index (Phi) is 7.68. The fourth-order valence-corrected chi connectivity index (χ4v) is 1.75. The fraction of sp³-hybridized carbons (Fsp3) is 0.500. The zero-order chi connectivity index (χ0) is 13.7. The number of likely N-dealkylation sites (N-methyl/N-ethyl adjacent to an activating group) is 1. The summed E-state index contributed by atoms with van der Waals surface area (Å²) >= 11 is 0. The molecule has 4 nitrogen and oxygen atoms in total. The average Bonchev–Trinajstić information content (AvgIpc) is 2.30. The van der Waals surface area contributed by atoms with Crippen molar-refractivity contribution in [2.24, 2.45) is 5.73 Å². The first-order valence-corrected chi connectivity index (χ1v) is 6.18. The molecule has 1 amide bonds. The van der Waals surface area contributed by atoms with E-state index in [1.54, 1.807) is 6.92 Å². The van der Waals surface area contributed by atoms with Crippen LogP contribution in [0.1, 0.15) is 24.1 Å². The summed E-state index contributed by atoms with van der Waals surface area (Å²) in [6, 6.07) is 8.05. The molecule has 0 fully saturated rings. The second-order valence-electron chi connectivity index (χ2n) is 4.92. The van der Waals surface area contributed by atoms with Crippen molar-refractivity contribution >= 4 is 18.3 Å². The number of hydrogen-bond donors (Lipinski definition) is 2. The van der Waals surface area contributed by atoms with Gasteiger partial charge < -0.3 is 16.0 Å². The van der Waals surface area contributed by atoms with Crippen LogP contribution < -0.4 is 11.1 Å². The third-order valence-electron chi connectivity index (χ3n) is 2.97. The van der Waals surface area contributed by atoms with E-state index in [0.29, 0.717) is 6.54 Å². The predicted octanol–water partition coefficient (Wildman–Crippen LogP) is 1.48. The van der Waals surface area contributed by atoms with E-state index in [1.165, 1.54) is 11.1 Å². The standard InChI is InChI=1S/C14H23N3O.ClH/c1-10-5-7-12(8-6-10)13(17(3)4)9-16-14(18)11(2)15;/h5-8,11,13H,9,15H2,1-4H3,(H,16,18);1H. The van der Waals surface area contributed by atoms with Crippen molar-refractivity contribution in [1.82, 2.24) is 10.2 Å². The Hall–Kier alpha value is -1.10. The maximum atomic E-state index is 11.5. The first-order valence-electron chi connectivity index (χ1n) is 6.18. The van der Waals surface area contributed by atoms with Gasteiger partial charge in [0.1, 0.15) is 0 Å². The van der Waals surface area contributed by atoms with Gasteiger partial charge in [-0.05, 0) is 33.5 Å². The summed E-state index contributed by atoms with van der Waals surface area (Å²) in [4.78, 5) is 13.6. The van der Waals surface area contributed by atoms with Crippen LogP contribution >= 0.6 is 12.4 Å². The zero-order valence-corrected chi connectivity index (χ0v) is 12.8. The molecule has 1 rings (SSSR count). The minimum atomic E-state index is -0.467. The number of aryl methyl sites for hydroxylation is 1. The SMILES string of the molecule is Cc1ccc(C(CNC(=O)C(C)N)N(C)C)cc1.Cl. The molecule has 5 heteroatoms. The van der Waals surface area contributed by atoms with E-state index in [0.717, 1.165) is 0 Å². The van der Waals surface area contributed by atoms with E-state index >= 15 is 0 Å². The van der Waals surface area contributed by atoms with Gasteiger partial charge in [-0.2, -0.15) is 0 Å². The van der Waals surface area contributed by atoms with Crippen molar-refractivity contribution in [3.05, 3.63) is 35.4 Å². The minimum absolute atomic E-state index is 0. The summed E-state index contributed by atoms with van der Waals surface area (Å²) in [5.74, 6) is -0.117. The van der Waals surface area contributed by atoms with E-state index < -0.39 is 6.04 Å². The van der Waals surface area contributed by atoms with Gasteiger partial charge in [0, 0.05) is 6.54 Å². The van der Waals surface area contributed by atoms with Crippen LogP contribution in [-0.4, -0.2) is 37.5 Å². The lowest BCUT2D eigenvalue weighted by Crippen LogP contribution is -2.42. The highest BCUT2D eigenvalue weighted by atomic mass is 35.5. The second kappa shape index (κ2) is 8.15. The molecule has 108 valence electrons. The lowest BCUT2D eigenvalue weighted by Gasteiger charge is -2.25. The van der Waals surface area contributed by atoms with E-state index in [9.17, 15) is 4.79 Å². The molecule has 1 aromatic carbocycles. The van der Waals surface area contributed by atoms with E-state index in [2.05, 4.69) is 41.4 Å². The normalized spacial score (nSPS) is 13.6. The van der Waals surface area contributed by atoms with Gasteiger partial charge in [-0.25, -0.2) is 0 Å². The molecule has 19 heavy (non-hydrogen) atoms. The molecule has 2 unspecified atom stereocenters. The largest absolute Gasteiger partial charge is 0.353 e. The quantitative estimate of drug-likeness (QED) is 0.862. The Morgan fingerprint density at radius 1 is 1.32 bits per heavy atom. The Morgan fingerprint density at radius 2 is 1.84 bits per heavy atom. The smallest absolute Gasteiger partial charge is 0.236 e. The Balaban J connectivity index is 0.00000324. The number of nitrogens with two attached hydrogens (primary N) is 1. The Bertz CT molecular complexity index is 390.